The second kappa shape index (κ2) is 12.1. The van der Waals surface area contributed by atoms with Crippen LogP contribution in [0, 0.1) is 27.7 Å². The summed E-state index contributed by atoms with van der Waals surface area (Å²) >= 11 is 0. The largest absolute Gasteiger partial charge is 0.379 e. The van der Waals surface area contributed by atoms with Gasteiger partial charge in [-0.2, -0.15) is 16.8 Å². The highest BCUT2D eigenvalue weighted by Gasteiger charge is 2.46. The molecule has 0 spiro atoms. The van der Waals surface area contributed by atoms with Gasteiger partial charge in [0.1, 0.15) is 21.3 Å². The highest BCUT2D eigenvalue weighted by molar-refractivity contribution is 7.87. The van der Waals surface area contributed by atoms with E-state index in [-0.39, 0.29) is 21.3 Å². The zero-order chi connectivity index (χ0) is 34.6. The molecule has 6 aromatic carbocycles. The van der Waals surface area contributed by atoms with Crippen LogP contribution in [0.2, 0.25) is 0 Å². The van der Waals surface area contributed by atoms with Crippen molar-refractivity contribution in [1.82, 2.24) is 0 Å². The fourth-order valence-corrected chi connectivity index (χ4v) is 8.70. The molecule has 0 saturated heterocycles. The van der Waals surface area contributed by atoms with E-state index in [0.29, 0.717) is 11.1 Å². The molecule has 0 unspecified atom stereocenters. The van der Waals surface area contributed by atoms with Crippen LogP contribution in [-0.2, 0) is 25.7 Å². The Kier molecular flexibility index (Phi) is 7.96. The van der Waals surface area contributed by atoms with Gasteiger partial charge in [0.25, 0.3) is 0 Å². The molecule has 0 aromatic heterocycles. The third kappa shape index (κ3) is 5.61. The monoisotopic (exact) mass is 686 g/mol. The maximum atomic E-state index is 13.2. The lowest BCUT2D eigenvalue weighted by Gasteiger charge is -2.34. The first-order chi connectivity index (χ1) is 23.4. The number of hydrogen-bond acceptors (Lipinski definition) is 6. The van der Waals surface area contributed by atoms with E-state index in [1.807, 2.05) is 76.2 Å². The van der Waals surface area contributed by atoms with Crippen LogP contribution < -0.4 is 8.37 Å². The molecule has 49 heavy (non-hydrogen) atoms. The standard InChI is InChI=1S/C41H34O6S2/c1-27-13-19-33(20-14-27)48(42,43)46-39-23-17-31(25-29(39)3)41(37-11-7-5-9-35(37)36-10-6-8-12-38(36)41)32-18-24-40(30(4)26-32)47-49(44,45)34-21-15-28(2)16-22-34/h5-26H,1-4H3. The normalized spacial score (nSPS) is 13.4. The Labute approximate surface area is 287 Å². The van der Waals surface area contributed by atoms with Crippen molar-refractivity contribution >= 4 is 20.2 Å². The quantitative estimate of drug-likeness (QED) is 0.149. The van der Waals surface area contributed by atoms with Gasteiger partial charge in [0.05, 0.1) is 5.41 Å². The lowest BCUT2D eigenvalue weighted by molar-refractivity contribution is 0.482. The molecule has 1 aliphatic carbocycles. The summed E-state index contributed by atoms with van der Waals surface area (Å²) in [6.07, 6.45) is 0. The fraction of sp³-hybridized carbons (Fsp3) is 0.122. The summed E-state index contributed by atoms with van der Waals surface area (Å²) in [6.45, 7) is 7.46. The molecule has 0 amide bonds. The molecule has 0 radical (unpaired) electrons. The number of fused-ring (bicyclic) bond motifs is 3. The average molecular weight is 687 g/mol. The van der Waals surface area contributed by atoms with Crippen molar-refractivity contribution in [3.05, 3.63) is 178 Å². The van der Waals surface area contributed by atoms with E-state index in [1.54, 1.807) is 36.4 Å². The molecule has 8 heteroatoms. The van der Waals surface area contributed by atoms with Gasteiger partial charge in [-0.05, 0) is 109 Å². The van der Waals surface area contributed by atoms with Crippen LogP contribution >= 0.6 is 0 Å². The van der Waals surface area contributed by atoms with E-state index in [1.165, 1.54) is 24.3 Å². The third-order valence-electron chi connectivity index (χ3n) is 9.19. The first-order valence-corrected chi connectivity index (χ1v) is 18.7. The van der Waals surface area contributed by atoms with E-state index in [0.717, 1.165) is 44.5 Å². The van der Waals surface area contributed by atoms with Crippen LogP contribution in [0.25, 0.3) is 11.1 Å². The molecule has 0 N–H and O–H groups in total. The molecule has 7 rings (SSSR count). The molecular formula is C41H34O6S2. The lowest BCUT2D eigenvalue weighted by Crippen LogP contribution is -2.29. The predicted octanol–water partition coefficient (Wildman–Crippen LogP) is 8.82. The van der Waals surface area contributed by atoms with Crippen molar-refractivity contribution in [2.45, 2.75) is 42.9 Å². The van der Waals surface area contributed by atoms with E-state index in [2.05, 4.69) is 24.3 Å². The Balaban J connectivity index is 1.36. The van der Waals surface area contributed by atoms with Gasteiger partial charge in [-0.25, -0.2) is 0 Å². The molecule has 1 aliphatic rings. The molecule has 0 heterocycles. The molecule has 246 valence electrons. The van der Waals surface area contributed by atoms with E-state index in [9.17, 15) is 16.8 Å². The van der Waals surface area contributed by atoms with Crippen LogP contribution in [0.5, 0.6) is 11.5 Å². The average Bonchev–Trinajstić information content (AvgIpc) is 3.38. The lowest BCUT2D eigenvalue weighted by atomic mass is 9.67. The summed E-state index contributed by atoms with van der Waals surface area (Å²) in [5, 5.41) is 0. The minimum Gasteiger partial charge on any atom is -0.379 e. The second-order valence-electron chi connectivity index (χ2n) is 12.5. The van der Waals surface area contributed by atoms with Gasteiger partial charge in [0.2, 0.25) is 0 Å². The van der Waals surface area contributed by atoms with E-state index >= 15 is 0 Å². The maximum Gasteiger partial charge on any atom is 0.339 e. The zero-order valence-electron chi connectivity index (χ0n) is 27.5. The topological polar surface area (TPSA) is 86.7 Å². The van der Waals surface area contributed by atoms with E-state index < -0.39 is 25.7 Å². The summed E-state index contributed by atoms with van der Waals surface area (Å²) in [5.74, 6) is 0.473. The molecule has 0 atom stereocenters. The molecular weight excluding hydrogens is 653 g/mol. The van der Waals surface area contributed by atoms with Crippen molar-refractivity contribution < 1.29 is 25.2 Å². The second-order valence-corrected chi connectivity index (χ2v) is 15.6. The molecule has 0 saturated carbocycles. The zero-order valence-corrected chi connectivity index (χ0v) is 29.1. The Bertz CT molecular complexity index is 2270. The van der Waals surface area contributed by atoms with Crippen LogP contribution in [0.1, 0.15) is 44.5 Å². The Morgan fingerprint density at radius 1 is 0.449 bits per heavy atom. The number of hydrogen-bond donors (Lipinski definition) is 0. The highest BCUT2D eigenvalue weighted by Crippen LogP contribution is 2.56. The maximum absolute atomic E-state index is 13.2. The SMILES string of the molecule is Cc1ccc(S(=O)(=O)Oc2ccc(C3(c4ccc(OS(=O)(=O)c5ccc(C)cc5)c(C)c4)c4ccccc4-c4ccccc43)cc2C)cc1. The summed E-state index contributed by atoms with van der Waals surface area (Å²) in [6, 6.07) is 40.8. The van der Waals surface area contributed by atoms with E-state index in [4.69, 9.17) is 8.37 Å². The Morgan fingerprint density at radius 3 is 1.18 bits per heavy atom. The fourth-order valence-electron chi connectivity index (χ4n) is 6.72. The van der Waals surface area contributed by atoms with Crippen LogP contribution in [0.15, 0.2) is 143 Å². The minimum atomic E-state index is -4.06. The smallest absolute Gasteiger partial charge is 0.339 e. The summed E-state index contributed by atoms with van der Waals surface area (Å²) in [4.78, 5) is 0.165. The van der Waals surface area contributed by atoms with Gasteiger partial charge in [0, 0.05) is 0 Å². The van der Waals surface area contributed by atoms with Gasteiger partial charge in [-0.1, -0.05) is 108 Å². The molecule has 0 fully saturated rings. The molecule has 0 aliphatic heterocycles. The van der Waals surface area contributed by atoms with Gasteiger partial charge in [0.15, 0.2) is 0 Å². The van der Waals surface area contributed by atoms with Crippen molar-refractivity contribution in [1.29, 1.82) is 0 Å². The summed E-state index contributed by atoms with van der Waals surface area (Å²) < 4.78 is 64.2. The Morgan fingerprint density at radius 2 is 0.816 bits per heavy atom. The summed E-state index contributed by atoms with van der Waals surface area (Å²) in [5.41, 5.74) is 8.46. The third-order valence-corrected chi connectivity index (χ3v) is 11.7. The molecule has 0 bridgehead atoms. The minimum absolute atomic E-state index is 0.0823. The van der Waals surface area contributed by atoms with Gasteiger partial charge in [-0.3, -0.25) is 0 Å². The Hall–Kier alpha value is -5.18. The summed E-state index contributed by atoms with van der Waals surface area (Å²) in [7, 11) is -8.12. The van der Waals surface area contributed by atoms with Crippen molar-refractivity contribution in [3.8, 4) is 22.6 Å². The number of aryl methyl sites for hydroxylation is 4. The van der Waals surface area contributed by atoms with Gasteiger partial charge in [-0.15, -0.1) is 0 Å². The number of rotatable bonds is 8. The van der Waals surface area contributed by atoms with Crippen molar-refractivity contribution in [2.24, 2.45) is 0 Å². The first-order valence-electron chi connectivity index (χ1n) is 15.8. The van der Waals surface area contributed by atoms with Crippen LogP contribution in [-0.4, -0.2) is 16.8 Å². The number of benzene rings is 6. The molecule has 6 nitrogen and oxygen atoms in total. The van der Waals surface area contributed by atoms with Gasteiger partial charge < -0.3 is 8.37 Å². The highest BCUT2D eigenvalue weighted by atomic mass is 32.2. The predicted molar refractivity (Wildman–Crippen MR) is 191 cm³/mol. The van der Waals surface area contributed by atoms with Crippen molar-refractivity contribution in [2.75, 3.05) is 0 Å². The van der Waals surface area contributed by atoms with Crippen LogP contribution in [0.4, 0.5) is 0 Å². The van der Waals surface area contributed by atoms with Gasteiger partial charge >= 0.3 is 20.2 Å². The first kappa shape index (κ1) is 32.4. The van der Waals surface area contributed by atoms with Crippen LogP contribution in [0.3, 0.4) is 0 Å². The molecule has 6 aromatic rings. The van der Waals surface area contributed by atoms with Crippen molar-refractivity contribution in [3.63, 3.8) is 0 Å².